The Bertz CT molecular complexity index is 628. The van der Waals surface area contributed by atoms with Crippen molar-refractivity contribution in [3.8, 4) is 0 Å². The Morgan fingerprint density at radius 1 is 0.594 bits per heavy atom. The number of ether oxygens (including phenoxy) is 3. The van der Waals surface area contributed by atoms with Crippen molar-refractivity contribution in [3.05, 3.63) is 0 Å². The molecule has 0 amide bonds. The Hall–Kier alpha value is -2.77. The highest BCUT2D eigenvalue weighted by molar-refractivity contribution is 5.75. The first-order chi connectivity index (χ1) is 15.1. The number of methoxy groups -OCH3 is 1. The van der Waals surface area contributed by atoms with Crippen molar-refractivity contribution in [2.75, 3.05) is 79.2 Å². The van der Waals surface area contributed by atoms with Gasteiger partial charge in [0.2, 0.25) is 0 Å². The summed E-state index contributed by atoms with van der Waals surface area (Å²) in [7, 11) is 1.21. The molecule has 32 heavy (non-hydrogen) atoms. The molecule has 184 valence electrons. The molecule has 0 saturated carbocycles. The summed E-state index contributed by atoms with van der Waals surface area (Å²) in [4.78, 5) is 61.7. The average molecular weight is 463 g/mol. The average Bonchev–Trinajstić information content (AvgIpc) is 2.69. The smallest absolute Gasteiger partial charge is 0.320 e. The van der Waals surface area contributed by atoms with E-state index in [2.05, 4.69) is 4.74 Å². The van der Waals surface area contributed by atoms with E-state index >= 15 is 0 Å². The molecule has 0 spiro atoms. The van der Waals surface area contributed by atoms with Crippen molar-refractivity contribution in [3.63, 3.8) is 0 Å². The fourth-order valence-electron chi connectivity index (χ4n) is 2.67. The molecule has 0 saturated heterocycles. The van der Waals surface area contributed by atoms with Gasteiger partial charge in [0, 0.05) is 26.2 Å². The van der Waals surface area contributed by atoms with Crippen LogP contribution in [0.5, 0.6) is 0 Å². The van der Waals surface area contributed by atoms with Crippen LogP contribution in [-0.4, -0.2) is 134 Å². The maximum atomic E-state index is 11.8. The standard InChI is InChI=1S/C19H33N3O10/c1-4-31-18(28)13-21(11-16(25)26)8-6-20(10-15(23)24)7-9-22(12-17(27)30-3)14-19(29)32-5-2/h4-14H2,1-3H3,(H,23,24)(H,25,26). The van der Waals surface area contributed by atoms with Crippen LogP contribution < -0.4 is 0 Å². The first-order valence-corrected chi connectivity index (χ1v) is 10.1. The summed E-state index contributed by atoms with van der Waals surface area (Å²) in [5.74, 6) is -3.94. The normalized spacial score (nSPS) is 10.9. The van der Waals surface area contributed by atoms with Crippen LogP contribution in [0, 0.1) is 0 Å². The number of carboxylic acid groups (broad SMARTS) is 2. The van der Waals surface area contributed by atoms with Crippen LogP contribution in [0.2, 0.25) is 0 Å². The first kappa shape index (κ1) is 29.2. The quantitative estimate of drug-likeness (QED) is 0.176. The summed E-state index contributed by atoms with van der Waals surface area (Å²) < 4.78 is 14.3. The molecule has 2 N–H and O–H groups in total. The zero-order valence-electron chi connectivity index (χ0n) is 18.8. The molecule has 0 aromatic carbocycles. The number of rotatable bonds is 18. The third-order valence-corrected chi connectivity index (χ3v) is 4.08. The molecular weight excluding hydrogens is 430 g/mol. The molecule has 0 aliphatic heterocycles. The van der Waals surface area contributed by atoms with E-state index in [0.29, 0.717) is 0 Å². The number of nitrogens with zero attached hydrogens (tertiary/aromatic N) is 3. The number of hydrogen-bond acceptors (Lipinski definition) is 11. The van der Waals surface area contributed by atoms with E-state index in [4.69, 9.17) is 14.6 Å². The van der Waals surface area contributed by atoms with E-state index in [-0.39, 0.29) is 65.6 Å². The predicted octanol–water partition coefficient (Wildman–Crippen LogP) is -1.64. The second-order valence-corrected chi connectivity index (χ2v) is 6.67. The van der Waals surface area contributed by atoms with E-state index in [0.717, 1.165) is 0 Å². The molecule has 0 unspecified atom stereocenters. The van der Waals surface area contributed by atoms with Crippen molar-refractivity contribution in [2.45, 2.75) is 13.8 Å². The number of carbonyl (C=O) groups excluding carboxylic acids is 3. The van der Waals surface area contributed by atoms with Gasteiger partial charge in [0.15, 0.2) is 0 Å². The van der Waals surface area contributed by atoms with Gasteiger partial charge in [-0.05, 0) is 13.8 Å². The van der Waals surface area contributed by atoms with Gasteiger partial charge in [0.05, 0.1) is 53.0 Å². The maximum Gasteiger partial charge on any atom is 0.320 e. The lowest BCUT2D eigenvalue weighted by Crippen LogP contribution is -2.45. The van der Waals surface area contributed by atoms with Crippen molar-refractivity contribution in [2.24, 2.45) is 0 Å². The molecule has 0 bridgehead atoms. The Kier molecular flexibility index (Phi) is 15.4. The number of aliphatic carboxylic acids is 2. The molecule has 0 rings (SSSR count). The maximum absolute atomic E-state index is 11.8. The highest BCUT2D eigenvalue weighted by Gasteiger charge is 2.20. The first-order valence-electron chi connectivity index (χ1n) is 10.1. The summed E-state index contributed by atoms with van der Waals surface area (Å²) in [6.45, 7) is 2.74. The van der Waals surface area contributed by atoms with E-state index in [1.165, 1.54) is 21.8 Å². The number of esters is 3. The minimum absolute atomic E-state index is 0.0905. The van der Waals surface area contributed by atoms with E-state index in [1.807, 2.05) is 0 Å². The largest absolute Gasteiger partial charge is 0.480 e. The molecule has 0 radical (unpaired) electrons. The molecule has 13 heteroatoms. The highest BCUT2D eigenvalue weighted by atomic mass is 16.5. The summed E-state index contributed by atoms with van der Waals surface area (Å²) in [6.07, 6.45) is 0. The number of carboxylic acids is 2. The summed E-state index contributed by atoms with van der Waals surface area (Å²) in [5.41, 5.74) is 0. The van der Waals surface area contributed by atoms with Gasteiger partial charge in [-0.25, -0.2) is 0 Å². The minimum Gasteiger partial charge on any atom is -0.480 e. The predicted molar refractivity (Wildman–Crippen MR) is 110 cm³/mol. The fourth-order valence-corrected chi connectivity index (χ4v) is 2.67. The molecule has 0 aromatic rings. The Morgan fingerprint density at radius 2 is 0.938 bits per heavy atom. The lowest BCUT2D eigenvalue weighted by atomic mass is 10.3. The van der Waals surface area contributed by atoms with Crippen LogP contribution in [0.25, 0.3) is 0 Å². The van der Waals surface area contributed by atoms with Crippen molar-refractivity contribution < 1.29 is 48.4 Å². The third-order valence-electron chi connectivity index (χ3n) is 4.08. The number of carbonyl (C=O) groups is 5. The second kappa shape index (κ2) is 16.9. The van der Waals surface area contributed by atoms with Crippen LogP contribution in [0.3, 0.4) is 0 Å². The summed E-state index contributed by atoms with van der Waals surface area (Å²) in [5, 5.41) is 18.2. The third kappa shape index (κ3) is 15.1. The molecule has 0 heterocycles. The van der Waals surface area contributed by atoms with Crippen molar-refractivity contribution >= 4 is 29.8 Å². The lowest BCUT2D eigenvalue weighted by Gasteiger charge is -2.27. The van der Waals surface area contributed by atoms with Crippen LogP contribution in [0.1, 0.15) is 13.8 Å². The summed E-state index contributed by atoms with van der Waals surface area (Å²) >= 11 is 0. The molecule has 13 nitrogen and oxygen atoms in total. The minimum atomic E-state index is -1.14. The zero-order valence-corrected chi connectivity index (χ0v) is 18.8. The molecule has 0 aromatic heterocycles. The Balaban J connectivity index is 5.07. The summed E-state index contributed by atoms with van der Waals surface area (Å²) in [6, 6.07) is 0. The fraction of sp³-hybridized carbons (Fsp3) is 0.737. The van der Waals surface area contributed by atoms with Gasteiger partial charge in [-0.3, -0.25) is 38.7 Å². The van der Waals surface area contributed by atoms with Crippen LogP contribution >= 0.6 is 0 Å². The van der Waals surface area contributed by atoms with Crippen LogP contribution in [0.15, 0.2) is 0 Å². The van der Waals surface area contributed by atoms with E-state index in [1.54, 1.807) is 13.8 Å². The Labute approximate surface area is 186 Å². The molecule has 0 aliphatic carbocycles. The van der Waals surface area contributed by atoms with Gasteiger partial charge in [0.25, 0.3) is 0 Å². The number of hydrogen-bond donors (Lipinski definition) is 2. The van der Waals surface area contributed by atoms with Gasteiger partial charge in [0.1, 0.15) is 0 Å². The topological polar surface area (TPSA) is 163 Å². The van der Waals surface area contributed by atoms with Gasteiger partial charge in [-0.1, -0.05) is 0 Å². The lowest BCUT2D eigenvalue weighted by molar-refractivity contribution is -0.148. The second-order valence-electron chi connectivity index (χ2n) is 6.67. The Morgan fingerprint density at radius 3 is 1.31 bits per heavy atom. The van der Waals surface area contributed by atoms with Gasteiger partial charge in [-0.2, -0.15) is 0 Å². The van der Waals surface area contributed by atoms with Gasteiger partial charge < -0.3 is 24.4 Å². The monoisotopic (exact) mass is 463 g/mol. The van der Waals surface area contributed by atoms with Gasteiger partial charge >= 0.3 is 29.8 Å². The van der Waals surface area contributed by atoms with E-state index in [9.17, 15) is 29.1 Å². The highest BCUT2D eigenvalue weighted by Crippen LogP contribution is 1.99. The van der Waals surface area contributed by atoms with E-state index < -0.39 is 36.4 Å². The van der Waals surface area contributed by atoms with Crippen molar-refractivity contribution in [1.82, 2.24) is 14.7 Å². The van der Waals surface area contributed by atoms with Gasteiger partial charge in [-0.15, -0.1) is 0 Å². The molecule has 0 fully saturated rings. The van der Waals surface area contributed by atoms with Crippen molar-refractivity contribution in [1.29, 1.82) is 0 Å². The molecular formula is C19H33N3O10. The van der Waals surface area contributed by atoms with Crippen LogP contribution in [-0.2, 0) is 38.2 Å². The SMILES string of the molecule is CCOC(=O)CN(CCN(CCN(CC(=O)OC)CC(=O)OCC)CC(=O)O)CC(=O)O. The molecule has 0 aliphatic rings. The van der Waals surface area contributed by atoms with Crippen LogP contribution in [0.4, 0.5) is 0 Å². The molecule has 0 atom stereocenters. The zero-order chi connectivity index (χ0) is 24.5.